The number of nitrogens with zero attached hydrogens (tertiary/aromatic N) is 1. The van der Waals surface area contributed by atoms with Crippen molar-refractivity contribution in [3.63, 3.8) is 0 Å². The molecule has 0 fully saturated rings. The van der Waals surface area contributed by atoms with Crippen LogP contribution >= 0.6 is 0 Å². The number of rotatable bonds is 7. The van der Waals surface area contributed by atoms with Crippen molar-refractivity contribution in [2.45, 2.75) is 12.5 Å². The van der Waals surface area contributed by atoms with Gasteiger partial charge in [0.15, 0.2) is 0 Å². The van der Waals surface area contributed by atoms with Crippen LogP contribution in [0, 0.1) is 0 Å². The molecule has 0 aliphatic rings. The fraction of sp³-hybridized carbons (Fsp3) is 0.160. The summed E-state index contributed by atoms with van der Waals surface area (Å²) in [5.41, 5.74) is 2.50. The summed E-state index contributed by atoms with van der Waals surface area (Å²) >= 11 is 0. The zero-order valence-electron chi connectivity index (χ0n) is 17.5. The van der Waals surface area contributed by atoms with Crippen LogP contribution in [0.25, 0.3) is 0 Å². The molecule has 0 saturated heterocycles. The molecule has 3 aromatic carbocycles. The monoisotopic (exact) mass is 415 g/mol. The van der Waals surface area contributed by atoms with Gasteiger partial charge in [0.1, 0.15) is 0 Å². The summed E-state index contributed by atoms with van der Waals surface area (Å²) in [5, 5.41) is 5.79. The Morgan fingerprint density at radius 2 is 1.35 bits per heavy atom. The van der Waals surface area contributed by atoms with Crippen molar-refractivity contribution >= 4 is 23.4 Å². The van der Waals surface area contributed by atoms with Crippen LogP contribution in [0.1, 0.15) is 38.7 Å². The second-order valence-electron chi connectivity index (χ2n) is 7.33. The van der Waals surface area contributed by atoms with Gasteiger partial charge >= 0.3 is 0 Å². The number of carbonyl (C=O) groups is 3. The Morgan fingerprint density at radius 1 is 0.774 bits per heavy atom. The minimum absolute atomic E-state index is 0.0704. The summed E-state index contributed by atoms with van der Waals surface area (Å²) in [7, 11) is 3.37. The first kappa shape index (κ1) is 21.8. The summed E-state index contributed by atoms with van der Waals surface area (Å²) in [6, 6.07) is 24.5. The molecule has 3 aromatic rings. The molecule has 158 valence electrons. The van der Waals surface area contributed by atoms with Crippen molar-refractivity contribution in [3.8, 4) is 0 Å². The molecule has 6 heteroatoms. The van der Waals surface area contributed by atoms with Crippen LogP contribution in [0.5, 0.6) is 0 Å². The fourth-order valence-corrected chi connectivity index (χ4v) is 3.12. The zero-order valence-corrected chi connectivity index (χ0v) is 17.5. The van der Waals surface area contributed by atoms with Crippen LogP contribution in [-0.2, 0) is 4.79 Å². The molecule has 3 rings (SSSR count). The standard InChI is InChI=1S/C25H25N3O3/c1-28(2)25(31)20-13-15-21(16-14-20)26-23(29)17-22(18-9-5-3-6-10-18)27-24(30)19-11-7-4-8-12-19/h3-16,22H,17H2,1-2H3,(H,26,29)(H,27,30). The third-order valence-corrected chi connectivity index (χ3v) is 4.75. The Morgan fingerprint density at radius 3 is 1.94 bits per heavy atom. The molecule has 0 radical (unpaired) electrons. The lowest BCUT2D eigenvalue weighted by atomic mass is 10.0. The highest BCUT2D eigenvalue weighted by atomic mass is 16.2. The highest BCUT2D eigenvalue weighted by Crippen LogP contribution is 2.19. The van der Waals surface area contributed by atoms with Gasteiger partial charge in [-0.1, -0.05) is 48.5 Å². The molecule has 0 aromatic heterocycles. The maximum absolute atomic E-state index is 12.7. The SMILES string of the molecule is CN(C)C(=O)c1ccc(NC(=O)CC(NC(=O)c2ccccc2)c2ccccc2)cc1. The van der Waals surface area contributed by atoms with Gasteiger partial charge < -0.3 is 15.5 Å². The van der Waals surface area contributed by atoms with E-state index in [2.05, 4.69) is 10.6 Å². The van der Waals surface area contributed by atoms with Crippen LogP contribution in [-0.4, -0.2) is 36.7 Å². The molecule has 0 spiro atoms. The maximum atomic E-state index is 12.7. The van der Waals surface area contributed by atoms with Gasteiger partial charge in [-0.2, -0.15) is 0 Å². The summed E-state index contributed by atoms with van der Waals surface area (Å²) in [5.74, 6) is -0.589. The van der Waals surface area contributed by atoms with E-state index < -0.39 is 6.04 Å². The smallest absolute Gasteiger partial charge is 0.253 e. The molecule has 0 bridgehead atoms. The number of amides is 3. The second-order valence-corrected chi connectivity index (χ2v) is 7.33. The fourth-order valence-electron chi connectivity index (χ4n) is 3.12. The Kier molecular flexibility index (Phi) is 7.17. The van der Waals surface area contributed by atoms with Crippen LogP contribution in [0.2, 0.25) is 0 Å². The molecule has 0 aliphatic heterocycles. The number of carbonyl (C=O) groups excluding carboxylic acids is 3. The predicted octanol–water partition coefficient (Wildman–Crippen LogP) is 3.89. The first-order valence-electron chi connectivity index (χ1n) is 9.96. The molecule has 1 unspecified atom stereocenters. The van der Waals surface area contributed by atoms with Crippen molar-refractivity contribution in [1.29, 1.82) is 0 Å². The minimum Gasteiger partial charge on any atom is -0.345 e. The molecule has 6 nitrogen and oxygen atoms in total. The molecule has 0 aliphatic carbocycles. The third kappa shape index (κ3) is 6.02. The van der Waals surface area contributed by atoms with Crippen LogP contribution in [0.15, 0.2) is 84.9 Å². The highest BCUT2D eigenvalue weighted by Gasteiger charge is 2.19. The molecular weight excluding hydrogens is 390 g/mol. The van der Waals surface area contributed by atoms with Gasteiger partial charge in [0.2, 0.25) is 5.91 Å². The summed E-state index contributed by atoms with van der Waals surface area (Å²) < 4.78 is 0. The first-order chi connectivity index (χ1) is 14.9. The topological polar surface area (TPSA) is 78.5 Å². The summed E-state index contributed by atoms with van der Waals surface area (Å²) in [4.78, 5) is 38.8. The van der Waals surface area contributed by atoms with Gasteiger partial charge in [0.25, 0.3) is 11.8 Å². The number of hydrogen-bond donors (Lipinski definition) is 2. The molecule has 1 atom stereocenters. The molecular formula is C25H25N3O3. The van der Waals surface area contributed by atoms with Crippen molar-refractivity contribution in [1.82, 2.24) is 10.2 Å². The van der Waals surface area contributed by atoms with Crippen molar-refractivity contribution in [2.24, 2.45) is 0 Å². The Hall–Kier alpha value is -3.93. The normalized spacial score (nSPS) is 11.3. The number of anilines is 1. The van der Waals surface area contributed by atoms with E-state index in [4.69, 9.17) is 0 Å². The quantitative estimate of drug-likeness (QED) is 0.615. The van der Waals surface area contributed by atoms with E-state index >= 15 is 0 Å². The maximum Gasteiger partial charge on any atom is 0.253 e. The number of hydrogen-bond acceptors (Lipinski definition) is 3. The average molecular weight is 415 g/mol. The molecule has 31 heavy (non-hydrogen) atoms. The van der Waals surface area contributed by atoms with E-state index in [1.54, 1.807) is 62.6 Å². The first-order valence-corrected chi connectivity index (χ1v) is 9.96. The minimum atomic E-state index is -0.483. The summed E-state index contributed by atoms with van der Waals surface area (Å²) in [6.07, 6.45) is 0.0704. The van der Waals surface area contributed by atoms with E-state index in [-0.39, 0.29) is 24.1 Å². The molecule has 3 amide bonds. The van der Waals surface area contributed by atoms with Crippen LogP contribution < -0.4 is 10.6 Å². The van der Waals surface area contributed by atoms with Gasteiger partial charge in [-0.05, 0) is 42.0 Å². The third-order valence-electron chi connectivity index (χ3n) is 4.75. The lowest BCUT2D eigenvalue weighted by Crippen LogP contribution is -2.31. The van der Waals surface area contributed by atoms with Crippen LogP contribution in [0.4, 0.5) is 5.69 Å². The second kappa shape index (κ2) is 10.2. The van der Waals surface area contributed by atoms with Crippen molar-refractivity contribution < 1.29 is 14.4 Å². The van der Waals surface area contributed by atoms with Gasteiger partial charge in [-0.15, -0.1) is 0 Å². The summed E-state index contributed by atoms with van der Waals surface area (Å²) in [6.45, 7) is 0. The van der Waals surface area contributed by atoms with Gasteiger partial charge in [0, 0.05) is 30.9 Å². The highest BCUT2D eigenvalue weighted by molar-refractivity contribution is 5.97. The largest absolute Gasteiger partial charge is 0.345 e. The zero-order chi connectivity index (χ0) is 22.2. The van der Waals surface area contributed by atoms with Gasteiger partial charge in [-0.25, -0.2) is 0 Å². The van der Waals surface area contributed by atoms with Crippen molar-refractivity contribution in [2.75, 3.05) is 19.4 Å². The Balaban J connectivity index is 1.70. The van der Waals surface area contributed by atoms with E-state index in [1.807, 2.05) is 36.4 Å². The van der Waals surface area contributed by atoms with Gasteiger partial charge in [0.05, 0.1) is 12.5 Å². The van der Waals surface area contributed by atoms with E-state index in [0.29, 0.717) is 16.8 Å². The van der Waals surface area contributed by atoms with E-state index in [0.717, 1.165) is 5.56 Å². The number of nitrogens with one attached hydrogen (secondary N) is 2. The average Bonchev–Trinajstić information content (AvgIpc) is 2.79. The molecule has 2 N–H and O–H groups in total. The lowest BCUT2D eigenvalue weighted by molar-refractivity contribution is -0.116. The lowest BCUT2D eigenvalue weighted by Gasteiger charge is -2.19. The Labute approximate surface area is 181 Å². The Bertz CT molecular complexity index is 1030. The predicted molar refractivity (Wildman–Crippen MR) is 121 cm³/mol. The van der Waals surface area contributed by atoms with Crippen molar-refractivity contribution in [3.05, 3.63) is 102 Å². The van der Waals surface area contributed by atoms with Gasteiger partial charge in [-0.3, -0.25) is 14.4 Å². The number of benzene rings is 3. The van der Waals surface area contributed by atoms with Crippen LogP contribution in [0.3, 0.4) is 0 Å². The van der Waals surface area contributed by atoms with E-state index in [9.17, 15) is 14.4 Å². The molecule has 0 heterocycles. The molecule has 0 saturated carbocycles. The van der Waals surface area contributed by atoms with E-state index in [1.165, 1.54) is 4.90 Å².